The Bertz CT molecular complexity index is 507. The molecule has 0 N–H and O–H groups in total. The molecule has 0 aliphatic heterocycles. The van der Waals surface area contributed by atoms with Gasteiger partial charge in [0.15, 0.2) is 6.10 Å². The van der Waals surface area contributed by atoms with Gasteiger partial charge in [0.25, 0.3) is 5.91 Å². The van der Waals surface area contributed by atoms with Gasteiger partial charge in [-0.3, -0.25) is 9.59 Å². The average molecular weight is 311 g/mol. The fraction of sp³-hybridized carbons (Fsp3) is 0.500. The second-order valence-corrected chi connectivity index (χ2v) is 4.78. The zero-order valence-corrected chi connectivity index (χ0v) is 13.2. The summed E-state index contributed by atoms with van der Waals surface area (Å²) < 4.78 is 23.4. The highest BCUT2D eigenvalue weighted by molar-refractivity contribution is 5.85. The van der Waals surface area contributed by atoms with Gasteiger partial charge < -0.3 is 14.4 Å². The van der Waals surface area contributed by atoms with Gasteiger partial charge in [0.05, 0.1) is 6.61 Å². The second kappa shape index (κ2) is 9.02. The second-order valence-electron chi connectivity index (χ2n) is 4.78. The predicted octanol–water partition coefficient (Wildman–Crippen LogP) is 2.39. The molecule has 0 aromatic heterocycles. The number of carbonyl (C=O) groups is 2. The van der Waals surface area contributed by atoms with Crippen LogP contribution in [0, 0.1) is 5.82 Å². The largest absolute Gasteiger partial charge is 0.481 e. The Hall–Kier alpha value is -2.11. The Morgan fingerprint density at radius 1 is 1.32 bits per heavy atom. The van der Waals surface area contributed by atoms with Gasteiger partial charge >= 0.3 is 5.97 Å². The first-order valence-corrected chi connectivity index (χ1v) is 7.34. The highest BCUT2D eigenvalue weighted by Crippen LogP contribution is 2.15. The number of hydrogen-bond donors (Lipinski definition) is 0. The number of benzene rings is 1. The van der Waals surface area contributed by atoms with Crippen molar-refractivity contribution in [3.63, 3.8) is 0 Å². The molecule has 122 valence electrons. The molecule has 0 saturated carbocycles. The summed E-state index contributed by atoms with van der Waals surface area (Å²) in [6, 6.07) is 5.58. The summed E-state index contributed by atoms with van der Waals surface area (Å²) in [5, 5.41) is 0. The summed E-state index contributed by atoms with van der Waals surface area (Å²) in [4.78, 5) is 25.3. The molecule has 22 heavy (non-hydrogen) atoms. The zero-order valence-electron chi connectivity index (χ0n) is 13.2. The zero-order chi connectivity index (χ0) is 16.5. The van der Waals surface area contributed by atoms with Gasteiger partial charge in [0, 0.05) is 12.6 Å². The number of halogens is 1. The number of nitrogens with zero attached hydrogens (tertiary/aromatic N) is 1. The number of amides is 1. The lowest BCUT2D eigenvalue weighted by molar-refractivity contribution is -0.151. The van der Waals surface area contributed by atoms with Crippen molar-refractivity contribution in [2.75, 3.05) is 19.7 Å². The van der Waals surface area contributed by atoms with E-state index in [0.29, 0.717) is 13.0 Å². The van der Waals surface area contributed by atoms with E-state index in [9.17, 15) is 14.0 Å². The van der Waals surface area contributed by atoms with E-state index >= 15 is 0 Å². The highest BCUT2D eigenvalue weighted by atomic mass is 19.1. The molecule has 5 nitrogen and oxygen atoms in total. The SMILES string of the molecule is CCCN(CC(=O)OCC)C(=O)C(C)Oc1cccc(F)c1. The fourth-order valence-corrected chi connectivity index (χ4v) is 1.95. The van der Waals surface area contributed by atoms with Crippen LogP contribution in [0.1, 0.15) is 27.2 Å². The van der Waals surface area contributed by atoms with Gasteiger partial charge in [-0.05, 0) is 32.4 Å². The normalized spacial score (nSPS) is 11.6. The fourth-order valence-electron chi connectivity index (χ4n) is 1.95. The Morgan fingerprint density at radius 2 is 2.05 bits per heavy atom. The summed E-state index contributed by atoms with van der Waals surface area (Å²) in [5.41, 5.74) is 0. The maximum absolute atomic E-state index is 13.1. The molecule has 0 fully saturated rings. The number of ether oxygens (including phenoxy) is 2. The first kappa shape index (κ1) is 17.9. The Kier molecular flexibility index (Phi) is 7.36. The molecule has 0 saturated heterocycles. The Morgan fingerprint density at radius 3 is 2.64 bits per heavy atom. The molecular weight excluding hydrogens is 289 g/mol. The number of esters is 1. The molecule has 0 radical (unpaired) electrons. The van der Waals surface area contributed by atoms with Gasteiger partial charge in [0.1, 0.15) is 18.1 Å². The number of rotatable bonds is 8. The lowest BCUT2D eigenvalue weighted by Gasteiger charge is -2.24. The maximum atomic E-state index is 13.1. The van der Waals surface area contributed by atoms with Gasteiger partial charge in [-0.25, -0.2) is 4.39 Å². The van der Waals surface area contributed by atoms with Crippen molar-refractivity contribution in [2.45, 2.75) is 33.3 Å². The molecule has 1 unspecified atom stereocenters. The molecular formula is C16H22FNO4. The molecule has 1 rings (SSSR count). The molecule has 1 aromatic carbocycles. The van der Waals surface area contributed by atoms with E-state index < -0.39 is 17.9 Å². The van der Waals surface area contributed by atoms with E-state index in [4.69, 9.17) is 9.47 Å². The topological polar surface area (TPSA) is 55.8 Å². The minimum absolute atomic E-state index is 0.114. The third-order valence-electron chi connectivity index (χ3n) is 2.89. The van der Waals surface area contributed by atoms with E-state index in [1.54, 1.807) is 19.9 Å². The van der Waals surface area contributed by atoms with E-state index in [1.807, 2.05) is 6.92 Å². The van der Waals surface area contributed by atoms with E-state index in [0.717, 1.165) is 0 Å². The van der Waals surface area contributed by atoms with Crippen LogP contribution in [0.2, 0.25) is 0 Å². The first-order chi connectivity index (χ1) is 10.5. The summed E-state index contributed by atoms with van der Waals surface area (Å²) >= 11 is 0. The standard InChI is InChI=1S/C16H22FNO4/c1-4-9-18(11-15(19)21-5-2)16(20)12(3)22-14-8-6-7-13(17)10-14/h6-8,10,12H,4-5,9,11H2,1-3H3. The van der Waals surface area contributed by atoms with Crippen molar-refractivity contribution in [2.24, 2.45) is 0 Å². The minimum Gasteiger partial charge on any atom is -0.481 e. The van der Waals surface area contributed by atoms with Crippen LogP contribution in [0.15, 0.2) is 24.3 Å². The van der Waals surface area contributed by atoms with Crippen LogP contribution in [-0.4, -0.2) is 42.6 Å². The van der Waals surface area contributed by atoms with Crippen LogP contribution < -0.4 is 4.74 Å². The lowest BCUT2D eigenvalue weighted by atomic mass is 10.3. The third-order valence-corrected chi connectivity index (χ3v) is 2.89. The maximum Gasteiger partial charge on any atom is 0.325 e. The molecule has 0 spiro atoms. The van der Waals surface area contributed by atoms with Crippen molar-refractivity contribution >= 4 is 11.9 Å². The van der Waals surface area contributed by atoms with Crippen LogP contribution in [-0.2, 0) is 14.3 Å². The molecule has 0 aliphatic carbocycles. The van der Waals surface area contributed by atoms with Crippen LogP contribution in [0.25, 0.3) is 0 Å². The van der Waals surface area contributed by atoms with Crippen molar-refractivity contribution < 1.29 is 23.5 Å². The third kappa shape index (κ3) is 5.71. The first-order valence-electron chi connectivity index (χ1n) is 7.34. The van der Waals surface area contributed by atoms with Crippen LogP contribution in [0.3, 0.4) is 0 Å². The molecule has 0 heterocycles. The van der Waals surface area contributed by atoms with Gasteiger partial charge in [-0.15, -0.1) is 0 Å². The molecule has 1 amide bonds. The van der Waals surface area contributed by atoms with Crippen LogP contribution >= 0.6 is 0 Å². The van der Waals surface area contributed by atoms with E-state index in [2.05, 4.69) is 0 Å². The smallest absolute Gasteiger partial charge is 0.325 e. The number of hydrogen-bond acceptors (Lipinski definition) is 4. The van der Waals surface area contributed by atoms with Crippen LogP contribution in [0.4, 0.5) is 4.39 Å². The molecule has 0 aliphatic rings. The summed E-state index contributed by atoms with van der Waals surface area (Å²) in [5.74, 6) is -0.955. The molecule has 6 heteroatoms. The Labute approximate surface area is 130 Å². The summed E-state index contributed by atoms with van der Waals surface area (Å²) in [6.45, 7) is 5.76. The van der Waals surface area contributed by atoms with Gasteiger partial charge in [0.2, 0.25) is 0 Å². The van der Waals surface area contributed by atoms with Crippen molar-refractivity contribution in [1.29, 1.82) is 0 Å². The molecule has 0 bridgehead atoms. The van der Waals surface area contributed by atoms with Gasteiger partial charge in [-0.2, -0.15) is 0 Å². The van der Waals surface area contributed by atoms with Crippen molar-refractivity contribution in [3.05, 3.63) is 30.1 Å². The quantitative estimate of drug-likeness (QED) is 0.692. The van der Waals surface area contributed by atoms with E-state index in [1.165, 1.54) is 23.1 Å². The summed E-state index contributed by atoms with van der Waals surface area (Å²) in [6.07, 6.45) is -0.111. The predicted molar refractivity (Wildman–Crippen MR) is 80.0 cm³/mol. The van der Waals surface area contributed by atoms with Crippen molar-refractivity contribution in [1.82, 2.24) is 4.90 Å². The molecule has 1 aromatic rings. The molecule has 1 atom stereocenters. The minimum atomic E-state index is -0.817. The van der Waals surface area contributed by atoms with Crippen LogP contribution in [0.5, 0.6) is 5.75 Å². The van der Waals surface area contributed by atoms with Crippen molar-refractivity contribution in [3.8, 4) is 5.75 Å². The summed E-state index contributed by atoms with van der Waals surface area (Å²) in [7, 11) is 0. The van der Waals surface area contributed by atoms with Gasteiger partial charge in [-0.1, -0.05) is 13.0 Å². The Balaban J connectivity index is 2.69. The van der Waals surface area contributed by atoms with E-state index in [-0.39, 0.29) is 24.8 Å². The number of carbonyl (C=O) groups excluding carboxylic acids is 2. The average Bonchev–Trinajstić information content (AvgIpc) is 2.46. The lowest BCUT2D eigenvalue weighted by Crippen LogP contribution is -2.44. The monoisotopic (exact) mass is 311 g/mol. The highest BCUT2D eigenvalue weighted by Gasteiger charge is 2.24.